The third-order valence-electron chi connectivity index (χ3n) is 4.12. The molecule has 0 radical (unpaired) electrons. The molecule has 2 aromatic rings. The lowest BCUT2D eigenvalue weighted by Crippen LogP contribution is -2.47. The van der Waals surface area contributed by atoms with E-state index in [0.717, 1.165) is 11.3 Å². The summed E-state index contributed by atoms with van der Waals surface area (Å²) in [5.74, 6) is -1.03. The Morgan fingerprint density at radius 3 is 2.15 bits per heavy atom. The summed E-state index contributed by atoms with van der Waals surface area (Å²) >= 11 is 0. The molecule has 0 bridgehead atoms. The molecule has 2 rings (SSSR count). The number of amides is 1. The van der Waals surface area contributed by atoms with Crippen molar-refractivity contribution in [1.29, 1.82) is 0 Å². The van der Waals surface area contributed by atoms with Gasteiger partial charge in [0.15, 0.2) is 5.69 Å². The van der Waals surface area contributed by atoms with Crippen LogP contribution < -0.4 is 5.32 Å². The number of nitrogens with zero attached hydrogens (tertiary/aromatic N) is 2. The zero-order valence-electron chi connectivity index (χ0n) is 20.3. The molecule has 0 aliphatic carbocycles. The molecule has 180 valence electrons. The average Bonchev–Trinajstić information content (AvgIpc) is 3.16. The number of hydrogen-bond acceptors (Lipinski definition) is 7. The van der Waals surface area contributed by atoms with Gasteiger partial charge in [0.05, 0.1) is 6.61 Å². The Labute approximate surface area is 194 Å². The molecule has 0 aliphatic rings. The summed E-state index contributed by atoms with van der Waals surface area (Å²) in [6.45, 7) is 12.5. The van der Waals surface area contributed by atoms with E-state index < -0.39 is 35.3 Å². The van der Waals surface area contributed by atoms with Gasteiger partial charge in [-0.1, -0.05) is 12.1 Å². The quantitative estimate of drug-likeness (QED) is 0.495. The largest absolute Gasteiger partial charge is 0.461 e. The summed E-state index contributed by atoms with van der Waals surface area (Å²) < 4.78 is 17.4. The summed E-state index contributed by atoms with van der Waals surface area (Å²) in [4.78, 5) is 40.9. The average molecular weight is 460 g/mol. The van der Waals surface area contributed by atoms with Crippen molar-refractivity contribution in [2.45, 2.75) is 72.1 Å². The zero-order chi connectivity index (χ0) is 24.8. The Morgan fingerprint density at radius 2 is 1.61 bits per heavy atom. The van der Waals surface area contributed by atoms with Gasteiger partial charge in [0.2, 0.25) is 0 Å². The summed E-state index contributed by atoms with van der Waals surface area (Å²) in [6.07, 6.45) is 2.63. The molecule has 1 aromatic carbocycles. The second-order valence-corrected chi connectivity index (χ2v) is 9.49. The van der Waals surface area contributed by atoms with Gasteiger partial charge in [-0.2, -0.15) is 0 Å². The molecule has 1 atom stereocenters. The monoisotopic (exact) mass is 459 g/mol. The highest BCUT2D eigenvalue weighted by molar-refractivity contribution is 5.87. The fraction of sp³-hybridized carbons (Fsp3) is 0.500. The number of hydrogen-bond donors (Lipinski definition) is 1. The van der Waals surface area contributed by atoms with Gasteiger partial charge >= 0.3 is 18.0 Å². The second kappa shape index (κ2) is 10.5. The van der Waals surface area contributed by atoms with E-state index in [9.17, 15) is 14.4 Å². The Kier molecular flexibility index (Phi) is 8.24. The smallest absolute Gasteiger partial charge is 0.408 e. The SMILES string of the molecule is CCOC(=O)c1cn(-c2ccc(C[C@H](NC(=O)OC(C)(C)C)C(=O)OC(C)(C)C)cc2)cn1. The maximum absolute atomic E-state index is 12.7. The van der Waals surface area contributed by atoms with E-state index in [1.54, 1.807) is 59.2 Å². The number of rotatable bonds is 7. The van der Waals surface area contributed by atoms with E-state index in [2.05, 4.69) is 10.3 Å². The molecular weight excluding hydrogens is 426 g/mol. The highest BCUT2D eigenvalue weighted by Crippen LogP contribution is 2.16. The third-order valence-corrected chi connectivity index (χ3v) is 4.12. The van der Waals surface area contributed by atoms with Crippen molar-refractivity contribution in [2.75, 3.05) is 6.61 Å². The minimum absolute atomic E-state index is 0.215. The summed E-state index contributed by atoms with van der Waals surface area (Å²) in [7, 11) is 0. The Balaban J connectivity index is 2.16. The predicted octanol–water partition coefficient (Wildman–Crippen LogP) is 3.83. The van der Waals surface area contributed by atoms with Crippen LogP contribution in [0.3, 0.4) is 0 Å². The molecule has 9 heteroatoms. The first-order valence-electron chi connectivity index (χ1n) is 10.8. The highest BCUT2D eigenvalue weighted by atomic mass is 16.6. The predicted molar refractivity (Wildman–Crippen MR) is 122 cm³/mol. The molecule has 1 amide bonds. The maximum Gasteiger partial charge on any atom is 0.408 e. The molecule has 1 aromatic heterocycles. The molecule has 0 saturated carbocycles. The molecular formula is C24H33N3O6. The summed E-state index contributed by atoms with van der Waals surface area (Å²) in [5, 5.41) is 2.62. The lowest BCUT2D eigenvalue weighted by atomic mass is 10.0. The van der Waals surface area contributed by atoms with Gasteiger partial charge in [0.1, 0.15) is 23.6 Å². The number of benzene rings is 1. The van der Waals surface area contributed by atoms with E-state index in [4.69, 9.17) is 14.2 Å². The van der Waals surface area contributed by atoms with Crippen LogP contribution in [0.25, 0.3) is 5.69 Å². The first kappa shape index (κ1) is 25.9. The Morgan fingerprint density at radius 1 is 1.00 bits per heavy atom. The van der Waals surface area contributed by atoms with Gasteiger partial charge in [-0.15, -0.1) is 0 Å². The van der Waals surface area contributed by atoms with E-state index >= 15 is 0 Å². The van der Waals surface area contributed by atoms with Crippen LogP contribution in [0.4, 0.5) is 4.79 Å². The van der Waals surface area contributed by atoms with Gasteiger partial charge < -0.3 is 24.1 Å². The van der Waals surface area contributed by atoms with Gasteiger partial charge in [-0.3, -0.25) is 0 Å². The fourth-order valence-corrected chi connectivity index (χ4v) is 2.83. The fourth-order valence-electron chi connectivity index (χ4n) is 2.83. The number of imidazole rings is 1. The third kappa shape index (κ3) is 8.59. The molecule has 33 heavy (non-hydrogen) atoms. The molecule has 1 heterocycles. The van der Waals surface area contributed by atoms with Crippen LogP contribution in [0.15, 0.2) is 36.8 Å². The van der Waals surface area contributed by atoms with Gasteiger partial charge in [-0.25, -0.2) is 19.4 Å². The van der Waals surface area contributed by atoms with Crippen molar-refractivity contribution in [1.82, 2.24) is 14.9 Å². The van der Waals surface area contributed by atoms with Crippen molar-refractivity contribution < 1.29 is 28.6 Å². The summed E-state index contributed by atoms with van der Waals surface area (Å²) in [6, 6.07) is 6.38. The van der Waals surface area contributed by atoms with E-state index in [-0.39, 0.29) is 18.7 Å². The number of alkyl carbamates (subject to hydrolysis) is 1. The Hall–Kier alpha value is -3.36. The maximum atomic E-state index is 12.7. The highest BCUT2D eigenvalue weighted by Gasteiger charge is 2.29. The molecule has 0 saturated heterocycles. The topological polar surface area (TPSA) is 109 Å². The molecule has 0 spiro atoms. The number of nitrogens with one attached hydrogen (secondary N) is 1. The van der Waals surface area contributed by atoms with Crippen LogP contribution in [0.1, 0.15) is 64.5 Å². The van der Waals surface area contributed by atoms with Gasteiger partial charge in [0.25, 0.3) is 0 Å². The molecule has 0 fully saturated rings. The van der Waals surface area contributed by atoms with Crippen LogP contribution in [0.2, 0.25) is 0 Å². The van der Waals surface area contributed by atoms with Crippen molar-refractivity contribution >= 4 is 18.0 Å². The molecule has 1 N–H and O–H groups in total. The number of carbonyl (C=O) groups is 3. The number of esters is 2. The Bertz CT molecular complexity index is 967. The van der Waals surface area contributed by atoms with Crippen molar-refractivity contribution in [2.24, 2.45) is 0 Å². The number of carbonyl (C=O) groups excluding carboxylic acids is 3. The van der Waals surface area contributed by atoms with E-state index in [0.29, 0.717) is 0 Å². The van der Waals surface area contributed by atoms with Crippen LogP contribution in [0, 0.1) is 0 Å². The van der Waals surface area contributed by atoms with Crippen LogP contribution >= 0.6 is 0 Å². The minimum atomic E-state index is -0.923. The lowest BCUT2D eigenvalue weighted by molar-refractivity contribution is -0.157. The first-order chi connectivity index (χ1) is 15.3. The normalized spacial score (nSPS) is 12.6. The number of ether oxygens (including phenoxy) is 3. The lowest BCUT2D eigenvalue weighted by Gasteiger charge is -2.26. The van der Waals surface area contributed by atoms with Crippen LogP contribution in [-0.2, 0) is 25.4 Å². The summed E-state index contributed by atoms with van der Waals surface area (Å²) in [5.41, 5.74) is 0.393. The van der Waals surface area contributed by atoms with Crippen molar-refractivity contribution in [3.05, 3.63) is 48.0 Å². The zero-order valence-corrected chi connectivity index (χ0v) is 20.3. The van der Waals surface area contributed by atoms with Crippen LogP contribution in [-0.4, -0.2) is 51.4 Å². The number of aromatic nitrogens is 2. The molecule has 0 aliphatic heterocycles. The van der Waals surface area contributed by atoms with Crippen molar-refractivity contribution in [3.63, 3.8) is 0 Å². The van der Waals surface area contributed by atoms with Gasteiger partial charge in [0, 0.05) is 18.3 Å². The van der Waals surface area contributed by atoms with E-state index in [1.807, 2.05) is 24.3 Å². The molecule has 9 nitrogen and oxygen atoms in total. The van der Waals surface area contributed by atoms with Crippen LogP contribution in [0.5, 0.6) is 0 Å². The first-order valence-corrected chi connectivity index (χ1v) is 10.8. The standard InChI is InChI=1S/C24H33N3O6/c1-8-31-20(28)19-14-27(15-25-19)17-11-9-16(10-12-17)13-18(21(29)32-23(2,3)4)26-22(30)33-24(5,6)7/h9-12,14-15,18H,8,13H2,1-7H3,(H,26,30)/t18-/m0/s1. The van der Waals surface area contributed by atoms with Crippen molar-refractivity contribution in [3.8, 4) is 5.69 Å². The minimum Gasteiger partial charge on any atom is -0.461 e. The molecule has 0 unspecified atom stereocenters. The van der Waals surface area contributed by atoms with Gasteiger partial charge in [-0.05, 0) is 66.2 Å². The van der Waals surface area contributed by atoms with E-state index in [1.165, 1.54) is 6.33 Å². The second-order valence-electron chi connectivity index (χ2n) is 9.49.